The molecule has 1 saturated carbocycles. The Morgan fingerprint density at radius 3 is 2.62 bits per heavy atom. The minimum Gasteiger partial charge on any atom is -0.340 e. The number of anilines is 5. The number of sulfonamides is 1. The van der Waals surface area contributed by atoms with Gasteiger partial charge in [0.1, 0.15) is 5.82 Å². The van der Waals surface area contributed by atoms with Crippen LogP contribution in [0.2, 0.25) is 0 Å². The second kappa shape index (κ2) is 8.69. The van der Waals surface area contributed by atoms with Crippen molar-refractivity contribution in [1.29, 1.82) is 0 Å². The van der Waals surface area contributed by atoms with Gasteiger partial charge in [0.2, 0.25) is 21.9 Å². The van der Waals surface area contributed by atoms with Crippen LogP contribution in [0.4, 0.5) is 28.8 Å². The minimum atomic E-state index is -3.55. The first-order valence-corrected chi connectivity index (χ1v) is 12.7. The molecular weight excluding hydrogens is 452 g/mol. The maximum atomic E-state index is 12.5. The summed E-state index contributed by atoms with van der Waals surface area (Å²) in [5.41, 5.74) is 4.34. The van der Waals surface area contributed by atoms with Crippen LogP contribution in [0, 0.1) is 6.92 Å². The Morgan fingerprint density at radius 2 is 1.82 bits per heavy atom. The highest BCUT2D eigenvalue weighted by molar-refractivity contribution is 7.89. The van der Waals surface area contributed by atoms with Crippen molar-refractivity contribution in [2.45, 2.75) is 43.5 Å². The molecule has 0 radical (unpaired) electrons. The molecule has 176 valence electrons. The Bertz CT molecular complexity index is 1370. The predicted octanol–water partition coefficient (Wildman–Crippen LogP) is 3.62. The van der Waals surface area contributed by atoms with E-state index in [1.807, 2.05) is 25.1 Å². The maximum Gasteiger partial charge on any atom is 0.240 e. The molecule has 34 heavy (non-hydrogen) atoms. The summed E-state index contributed by atoms with van der Waals surface area (Å²) in [6, 6.07) is 12.5. The fourth-order valence-corrected chi connectivity index (χ4v) is 5.21. The van der Waals surface area contributed by atoms with Crippen LogP contribution < -0.4 is 20.3 Å². The number of aryl methyl sites for hydroxylation is 2. The number of hydrogen-bond donors (Lipinski definition) is 3. The molecule has 5 rings (SSSR count). The topological polar surface area (TPSA) is 116 Å². The molecule has 9 nitrogen and oxygen atoms in total. The summed E-state index contributed by atoms with van der Waals surface area (Å²) in [7, 11) is -1.76. The maximum absolute atomic E-state index is 12.5. The van der Waals surface area contributed by atoms with Crippen LogP contribution in [0.5, 0.6) is 0 Å². The van der Waals surface area contributed by atoms with E-state index < -0.39 is 10.0 Å². The lowest BCUT2D eigenvalue weighted by Gasteiger charge is -2.26. The van der Waals surface area contributed by atoms with Crippen LogP contribution in [-0.2, 0) is 21.2 Å². The second-order valence-corrected chi connectivity index (χ2v) is 10.4. The van der Waals surface area contributed by atoms with Crippen molar-refractivity contribution in [3.63, 3.8) is 0 Å². The van der Waals surface area contributed by atoms with Gasteiger partial charge in [-0.3, -0.25) is 4.79 Å². The number of nitrogens with one attached hydrogen (secondary N) is 3. The monoisotopic (exact) mass is 478 g/mol. The number of carbonyl (C=O) groups is 1. The first kappa shape index (κ1) is 22.3. The van der Waals surface area contributed by atoms with E-state index in [4.69, 9.17) is 0 Å². The zero-order chi connectivity index (χ0) is 23.9. The summed E-state index contributed by atoms with van der Waals surface area (Å²) in [6.45, 7) is 1.91. The van der Waals surface area contributed by atoms with E-state index in [9.17, 15) is 13.2 Å². The fraction of sp³-hybridized carbons (Fsp3) is 0.292. The summed E-state index contributed by atoms with van der Waals surface area (Å²) < 4.78 is 27.7. The smallest absolute Gasteiger partial charge is 0.240 e. The van der Waals surface area contributed by atoms with Gasteiger partial charge in [0.05, 0.1) is 4.90 Å². The summed E-state index contributed by atoms with van der Waals surface area (Å²) >= 11 is 0. The molecule has 1 fully saturated rings. The highest BCUT2D eigenvalue weighted by Gasteiger charge is 2.28. The molecule has 2 heterocycles. The zero-order valence-electron chi connectivity index (χ0n) is 19.0. The second-order valence-electron chi connectivity index (χ2n) is 8.69. The molecule has 0 unspecified atom stereocenters. The lowest BCUT2D eigenvalue weighted by atomic mass is 10.0. The zero-order valence-corrected chi connectivity index (χ0v) is 19.8. The van der Waals surface area contributed by atoms with Crippen LogP contribution in [0.25, 0.3) is 0 Å². The highest BCUT2D eigenvalue weighted by atomic mass is 32.2. The first-order valence-electron chi connectivity index (χ1n) is 11.2. The van der Waals surface area contributed by atoms with Crippen molar-refractivity contribution in [1.82, 2.24) is 14.7 Å². The molecule has 1 amide bonds. The van der Waals surface area contributed by atoms with Crippen molar-refractivity contribution in [3.05, 3.63) is 59.8 Å². The molecule has 0 atom stereocenters. The molecule has 10 heteroatoms. The number of fused-ring (bicyclic) bond motifs is 1. The predicted molar refractivity (Wildman–Crippen MR) is 131 cm³/mol. The standard InChI is InChI=1S/C24H26N6O3S/c1-15-14-25-24(27-18-4-3-5-20(13-18)34(32,33)29-17-7-8-17)28-23(15)26-19-9-10-21-16(12-19)6-11-22(31)30(21)2/h3-5,9-10,12-14,17,29H,6-8,11H2,1-2H3,(H2,25,26,27,28). The molecule has 1 aromatic heterocycles. The number of amides is 1. The molecule has 0 spiro atoms. The van der Waals surface area contributed by atoms with Crippen LogP contribution >= 0.6 is 0 Å². The van der Waals surface area contributed by atoms with Gasteiger partial charge in [0.15, 0.2) is 0 Å². The van der Waals surface area contributed by atoms with Crippen molar-refractivity contribution in [2.75, 3.05) is 22.6 Å². The van der Waals surface area contributed by atoms with E-state index in [1.165, 1.54) is 0 Å². The molecule has 0 bridgehead atoms. The normalized spacial score (nSPS) is 15.7. The molecule has 0 saturated heterocycles. The van der Waals surface area contributed by atoms with Crippen molar-refractivity contribution in [2.24, 2.45) is 0 Å². The summed E-state index contributed by atoms with van der Waals surface area (Å²) in [6.07, 6.45) is 4.67. The summed E-state index contributed by atoms with van der Waals surface area (Å²) in [5.74, 6) is 1.11. The Hall–Kier alpha value is -3.50. The Kier molecular flexibility index (Phi) is 5.70. The van der Waals surface area contributed by atoms with Crippen molar-refractivity contribution >= 4 is 44.8 Å². The van der Waals surface area contributed by atoms with E-state index in [-0.39, 0.29) is 16.8 Å². The van der Waals surface area contributed by atoms with E-state index in [0.717, 1.165) is 35.3 Å². The number of benzene rings is 2. The molecular formula is C24H26N6O3S. The van der Waals surface area contributed by atoms with E-state index >= 15 is 0 Å². The van der Waals surface area contributed by atoms with E-state index in [2.05, 4.69) is 25.3 Å². The van der Waals surface area contributed by atoms with E-state index in [0.29, 0.717) is 30.3 Å². The van der Waals surface area contributed by atoms with Gasteiger partial charge in [-0.2, -0.15) is 4.98 Å². The van der Waals surface area contributed by atoms with Gasteiger partial charge in [-0.15, -0.1) is 0 Å². The van der Waals surface area contributed by atoms with Crippen LogP contribution in [0.1, 0.15) is 30.4 Å². The largest absolute Gasteiger partial charge is 0.340 e. The fourth-order valence-electron chi connectivity index (χ4n) is 3.86. The van der Waals surface area contributed by atoms with Gasteiger partial charge < -0.3 is 15.5 Å². The van der Waals surface area contributed by atoms with Gasteiger partial charge in [-0.05, 0) is 68.1 Å². The quantitative estimate of drug-likeness (QED) is 0.475. The van der Waals surface area contributed by atoms with E-state index in [1.54, 1.807) is 42.4 Å². The third-order valence-corrected chi connectivity index (χ3v) is 7.48. The van der Waals surface area contributed by atoms with Gasteiger partial charge in [-0.1, -0.05) is 6.07 Å². The van der Waals surface area contributed by atoms with Crippen LogP contribution in [0.15, 0.2) is 53.6 Å². The van der Waals surface area contributed by atoms with Gasteiger partial charge in [-0.25, -0.2) is 18.1 Å². The Labute approximate surface area is 198 Å². The number of nitrogens with zero attached hydrogens (tertiary/aromatic N) is 3. The summed E-state index contributed by atoms with van der Waals surface area (Å²) in [4.78, 5) is 22.8. The third-order valence-electron chi connectivity index (χ3n) is 5.96. The molecule has 1 aliphatic heterocycles. The average Bonchev–Trinajstić information content (AvgIpc) is 3.62. The van der Waals surface area contributed by atoms with Gasteiger partial charge in [0, 0.05) is 48.3 Å². The van der Waals surface area contributed by atoms with Crippen molar-refractivity contribution < 1.29 is 13.2 Å². The van der Waals surface area contributed by atoms with Crippen LogP contribution in [-0.4, -0.2) is 37.4 Å². The van der Waals surface area contributed by atoms with Crippen LogP contribution in [0.3, 0.4) is 0 Å². The first-order chi connectivity index (χ1) is 16.3. The van der Waals surface area contributed by atoms with Crippen molar-refractivity contribution in [3.8, 4) is 0 Å². The molecule has 1 aliphatic carbocycles. The highest BCUT2D eigenvalue weighted by Crippen LogP contribution is 2.31. The number of aromatic nitrogens is 2. The Balaban J connectivity index is 1.35. The lowest BCUT2D eigenvalue weighted by Crippen LogP contribution is -2.31. The molecule has 2 aliphatic rings. The summed E-state index contributed by atoms with van der Waals surface area (Å²) in [5, 5.41) is 6.44. The number of hydrogen-bond acceptors (Lipinski definition) is 7. The Morgan fingerprint density at radius 1 is 1.03 bits per heavy atom. The third kappa shape index (κ3) is 4.73. The van der Waals surface area contributed by atoms with Gasteiger partial charge in [0.25, 0.3) is 0 Å². The molecule has 3 aromatic rings. The average molecular weight is 479 g/mol. The molecule has 2 aromatic carbocycles. The van der Waals surface area contributed by atoms with Gasteiger partial charge >= 0.3 is 0 Å². The molecule has 3 N–H and O–H groups in total. The number of rotatable bonds is 7. The SMILES string of the molecule is Cc1cnc(Nc2cccc(S(=O)(=O)NC3CC3)c2)nc1Nc1ccc2c(c1)CCC(=O)N2C. The number of carbonyl (C=O) groups excluding carboxylic acids is 1. The lowest BCUT2D eigenvalue weighted by molar-refractivity contribution is -0.118. The minimum absolute atomic E-state index is 0.0418.